The number of halogens is 1. The Bertz CT molecular complexity index is 536. The summed E-state index contributed by atoms with van der Waals surface area (Å²) in [7, 11) is 0. The molecule has 2 aliphatic rings. The van der Waals surface area contributed by atoms with Crippen molar-refractivity contribution in [3.8, 4) is 0 Å². The molecule has 5 nitrogen and oxygen atoms in total. The molecule has 21 heavy (non-hydrogen) atoms. The molecule has 3 N–H and O–H groups in total. The lowest BCUT2D eigenvalue weighted by Gasteiger charge is -2.42. The van der Waals surface area contributed by atoms with Crippen LogP contribution in [0.4, 0.5) is 4.79 Å². The Hall–Kier alpha value is -1.11. The summed E-state index contributed by atoms with van der Waals surface area (Å²) >= 11 is 3.53. The van der Waals surface area contributed by atoms with E-state index in [-0.39, 0.29) is 24.2 Å². The van der Waals surface area contributed by atoms with E-state index in [0.717, 1.165) is 30.7 Å². The normalized spacial score (nSPS) is 25.4. The van der Waals surface area contributed by atoms with Gasteiger partial charge in [0, 0.05) is 42.7 Å². The number of carbonyl (C=O) groups excluding carboxylic acids is 1. The van der Waals surface area contributed by atoms with E-state index in [1.165, 1.54) is 5.56 Å². The zero-order valence-electron chi connectivity index (χ0n) is 12.1. The predicted molar refractivity (Wildman–Crippen MR) is 86.0 cm³/mol. The van der Waals surface area contributed by atoms with Gasteiger partial charge in [-0.15, -0.1) is 0 Å². The van der Waals surface area contributed by atoms with Crippen LogP contribution >= 0.6 is 15.9 Å². The molecule has 0 aliphatic carbocycles. The number of hydrogen-bond acceptors (Lipinski definition) is 3. The number of carbonyl (C=O) groups is 1. The van der Waals surface area contributed by atoms with Gasteiger partial charge >= 0.3 is 6.03 Å². The van der Waals surface area contributed by atoms with Crippen LogP contribution in [0.25, 0.3) is 0 Å². The quantitative estimate of drug-likeness (QED) is 0.867. The average molecular weight is 353 g/mol. The van der Waals surface area contributed by atoms with Crippen LogP contribution in [0.5, 0.6) is 0 Å². The molecule has 114 valence electrons. The van der Waals surface area contributed by atoms with Gasteiger partial charge in [0.05, 0.1) is 6.04 Å². The van der Waals surface area contributed by atoms with Gasteiger partial charge in [0.15, 0.2) is 0 Å². The maximum atomic E-state index is 11.7. The number of fused-ring (bicyclic) bond motifs is 1. The zero-order chi connectivity index (χ0) is 15.0. The van der Waals surface area contributed by atoms with Crippen molar-refractivity contribution in [3.05, 3.63) is 34.3 Å². The number of nitrogens with zero attached hydrogens (tertiary/aromatic N) is 2. The van der Waals surface area contributed by atoms with Crippen molar-refractivity contribution in [2.24, 2.45) is 5.73 Å². The summed E-state index contributed by atoms with van der Waals surface area (Å²) in [6.45, 7) is 5.29. The number of urea groups is 1. The molecule has 0 aromatic heterocycles. The van der Waals surface area contributed by atoms with Gasteiger partial charge < -0.3 is 16.0 Å². The Balaban J connectivity index is 1.81. The van der Waals surface area contributed by atoms with Crippen LogP contribution < -0.4 is 11.1 Å². The minimum Gasteiger partial charge on any atom is -0.336 e. The summed E-state index contributed by atoms with van der Waals surface area (Å²) in [5.41, 5.74) is 7.49. The van der Waals surface area contributed by atoms with Crippen molar-refractivity contribution >= 4 is 22.0 Å². The number of rotatable bonds is 3. The van der Waals surface area contributed by atoms with Crippen LogP contribution in [0.2, 0.25) is 0 Å². The first-order valence-corrected chi connectivity index (χ1v) is 8.15. The molecule has 2 heterocycles. The molecular weight excluding hydrogens is 332 g/mol. The highest BCUT2D eigenvalue weighted by molar-refractivity contribution is 9.10. The summed E-state index contributed by atoms with van der Waals surface area (Å²) in [6.07, 6.45) is 0. The van der Waals surface area contributed by atoms with E-state index in [9.17, 15) is 4.79 Å². The Morgan fingerprint density at radius 3 is 2.95 bits per heavy atom. The van der Waals surface area contributed by atoms with E-state index in [4.69, 9.17) is 5.73 Å². The first-order valence-electron chi connectivity index (χ1n) is 7.36. The second-order valence-corrected chi connectivity index (χ2v) is 6.80. The highest BCUT2D eigenvalue weighted by Gasteiger charge is 2.38. The molecule has 2 amide bonds. The molecular formula is C15H21BrN4O. The summed E-state index contributed by atoms with van der Waals surface area (Å²) in [5.74, 6) is 0. The van der Waals surface area contributed by atoms with Gasteiger partial charge in [0.1, 0.15) is 0 Å². The minimum absolute atomic E-state index is 0.0379. The lowest BCUT2D eigenvalue weighted by Crippen LogP contribution is -2.55. The van der Waals surface area contributed by atoms with E-state index < -0.39 is 0 Å². The molecule has 0 bridgehead atoms. The minimum atomic E-state index is 0.0379. The third-order valence-corrected chi connectivity index (χ3v) is 4.84. The lowest BCUT2D eigenvalue weighted by molar-refractivity contribution is 0.0795. The maximum absolute atomic E-state index is 11.7. The van der Waals surface area contributed by atoms with Gasteiger partial charge in [0.2, 0.25) is 0 Å². The summed E-state index contributed by atoms with van der Waals surface area (Å²) in [5, 5.41) is 2.92. The van der Waals surface area contributed by atoms with Crippen LogP contribution in [-0.4, -0.2) is 54.1 Å². The van der Waals surface area contributed by atoms with Crippen molar-refractivity contribution in [1.82, 2.24) is 15.1 Å². The van der Waals surface area contributed by atoms with E-state index in [2.05, 4.69) is 45.2 Å². The predicted octanol–water partition coefficient (Wildman–Crippen LogP) is 1.55. The number of amides is 2. The van der Waals surface area contributed by atoms with Crippen molar-refractivity contribution in [2.45, 2.75) is 25.0 Å². The van der Waals surface area contributed by atoms with Crippen LogP contribution in [0.15, 0.2) is 28.7 Å². The maximum Gasteiger partial charge on any atom is 0.317 e. The number of benzene rings is 1. The van der Waals surface area contributed by atoms with Crippen LogP contribution in [-0.2, 0) is 0 Å². The van der Waals surface area contributed by atoms with Gasteiger partial charge in [-0.2, -0.15) is 0 Å². The number of nitrogens with one attached hydrogen (secondary N) is 1. The van der Waals surface area contributed by atoms with E-state index in [1.54, 1.807) is 0 Å². The summed E-state index contributed by atoms with van der Waals surface area (Å²) < 4.78 is 1.07. The molecule has 3 rings (SSSR count). The first kappa shape index (κ1) is 14.8. The molecule has 6 heteroatoms. The van der Waals surface area contributed by atoms with E-state index in [1.807, 2.05) is 17.0 Å². The monoisotopic (exact) mass is 352 g/mol. The lowest BCUT2D eigenvalue weighted by atomic mass is 9.97. The van der Waals surface area contributed by atoms with Crippen LogP contribution in [0.1, 0.15) is 18.5 Å². The molecule has 2 fully saturated rings. The molecule has 0 radical (unpaired) electrons. The smallest absolute Gasteiger partial charge is 0.317 e. The molecule has 3 atom stereocenters. The second-order valence-electron chi connectivity index (χ2n) is 5.89. The third-order valence-electron chi connectivity index (χ3n) is 4.35. The summed E-state index contributed by atoms with van der Waals surface area (Å²) in [4.78, 5) is 16.0. The van der Waals surface area contributed by atoms with Crippen LogP contribution in [0.3, 0.4) is 0 Å². The molecule has 2 aliphatic heterocycles. The Labute approximate surface area is 133 Å². The SMILES string of the molecule is CC(N)C(c1cccc(Br)c1)N1CCN2C(=O)NCC2C1. The van der Waals surface area contributed by atoms with Crippen molar-refractivity contribution in [1.29, 1.82) is 0 Å². The topological polar surface area (TPSA) is 61.6 Å². The number of hydrogen-bond donors (Lipinski definition) is 2. The largest absolute Gasteiger partial charge is 0.336 e. The zero-order valence-corrected chi connectivity index (χ0v) is 13.7. The van der Waals surface area contributed by atoms with Crippen molar-refractivity contribution in [3.63, 3.8) is 0 Å². The van der Waals surface area contributed by atoms with E-state index in [0.29, 0.717) is 0 Å². The Morgan fingerprint density at radius 2 is 2.24 bits per heavy atom. The Morgan fingerprint density at radius 1 is 1.43 bits per heavy atom. The molecule has 1 aromatic rings. The third kappa shape index (κ3) is 2.93. The molecule has 0 spiro atoms. The van der Waals surface area contributed by atoms with E-state index >= 15 is 0 Å². The summed E-state index contributed by atoms with van der Waals surface area (Å²) in [6, 6.07) is 8.89. The first-order chi connectivity index (χ1) is 10.1. The van der Waals surface area contributed by atoms with Crippen molar-refractivity contribution in [2.75, 3.05) is 26.2 Å². The Kier molecular flexibility index (Phi) is 4.19. The average Bonchev–Trinajstić information content (AvgIpc) is 2.80. The molecule has 0 saturated carbocycles. The fourth-order valence-electron chi connectivity index (χ4n) is 3.42. The number of piperazine rings is 1. The van der Waals surface area contributed by atoms with Crippen LogP contribution in [0, 0.1) is 0 Å². The highest BCUT2D eigenvalue weighted by atomic mass is 79.9. The van der Waals surface area contributed by atoms with Gasteiger partial charge in [-0.05, 0) is 24.6 Å². The second kappa shape index (κ2) is 5.94. The van der Waals surface area contributed by atoms with Gasteiger partial charge in [-0.25, -0.2) is 4.79 Å². The van der Waals surface area contributed by atoms with Crippen molar-refractivity contribution < 1.29 is 4.79 Å². The molecule has 3 unspecified atom stereocenters. The standard InChI is InChI=1S/C15H21BrN4O/c1-10(17)14(11-3-2-4-12(16)7-11)19-5-6-20-13(9-19)8-18-15(20)21/h2-4,7,10,13-14H,5-6,8-9,17H2,1H3,(H,18,21). The van der Waals surface area contributed by atoms with Gasteiger partial charge in [0.25, 0.3) is 0 Å². The van der Waals surface area contributed by atoms with Gasteiger partial charge in [-0.1, -0.05) is 28.1 Å². The fraction of sp³-hybridized carbons (Fsp3) is 0.533. The molecule has 2 saturated heterocycles. The fourth-order valence-corrected chi connectivity index (χ4v) is 3.84. The van der Waals surface area contributed by atoms with Gasteiger partial charge in [-0.3, -0.25) is 4.90 Å². The number of nitrogens with two attached hydrogens (primary N) is 1. The molecule has 1 aromatic carbocycles. The highest BCUT2D eigenvalue weighted by Crippen LogP contribution is 2.29.